The van der Waals surface area contributed by atoms with Gasteiger partial charge in [0, 0.05) is 19.7 Å². The summed E-state index contributed by atoms with van der Waals surface area (Å²) >= 11 is 0. The summed E-state index contributed by atoms with van der Waals surface area (Å²) in [6.45, 7) is 6.11. The fraction of sp³-hybridized carbons (Fsp3) is 0.538. The second-order valence-electron chi connectivity index (χ2n) is 3.91. The van der Waals surface area contributed by atoms with Crippen molar-refractivity contribution in [2.45, 2.75) is 32.9 Å². The normalized spacial score (nSPS) is 13.1. The highest BCUT2D eigenvalue weighted by atomic mass is 16.5. The van der Waals surface area contributed by atoms with Crippen molar-refractivity contribution in [2.24, 2.45) is 0 Å². The van der Waals surface area contributed by atoms with Crippen LogP contribution in [0.4, 0.5) is 0 Å². The van der Waals surface area contributed by atoms with Crippen molar-refractivity contribution < 1.29 is 4.74 Å². The van der Waals surface area contributed by atoms with Gasteiger partial charge in [0.25, 0.3) is 0 Å². The number of ether oxygens (including phenoxy) is 1. The van der Waals surface area contributed by atoms with Gasteiger partial charge in [0.1, 0.15) is 0 Å². The lowest BCUT2D eigenvalue weighted by molar-refractivity contribution is 0.0309. The van der Waals surface area contributed by atoms with E-state index in [0.717, 1.165) is 13.0 Å². The highest BCUT2D eigenvalue weighted by Gasteiger charge is 2.11. The molecule has 0 N–H and O–H groups in total. The lowest BCUT2D eigenvalue weighted by atomic mass is 10.1. The van der Waals surface area contributed by atoms with Crippen molar-refractivity contribution in [3.05, 3.63) is 35.9 Å². The summed E-state index contributed by atoms with van der Waals surface area (Å²) in [6, 6.07) is 11.1. The Morgan fingerprint density at radius 2 is 1.93 bits per heavy atom. The van der Waals surface area contributed by atoms with Crippen LogP contribution in [0.15, 0.2) is 30.3 Å². The average Bonchev–Trinajstić information content (AvgIpc) is 2.29. The molecule has 1 aromatic carbocycles. The Morgan fingerprint density at radius 3 is 2.47 bits per heavy atom. The summed E-state index contributed by atoms with van der Waals surface area (Å²) in [5.74, 6) is 0. The summed E-state index contributed by atoms with van der Waals surface area (Å²) < 4.78 is 5.23. The Hall–Kier alpha value is -0.860. The van der Waals surface area contributed by atoms with Crippen LogP contribution >= 0.6 is 0 Å². The highest BCUT2D eigenvalue weighted by Crippen LogP contribution is 2.09. The summed E-state index contributed by atoms with van der Waals surface area (Å²) in [4.78, 5) is 2.34. The van der Waals surface area contributed by atoms with E-state index in [2.05, 4.69) is 43.0 Å². The van der Waals surface area contributed by atoms with Crippen molar-refractivity contribution >= 4 is 0 Å². The number of nitrogens with zero attached hydrogens (tertiary/aromatic N) is 1. The van der Waals surface area contributed by atoms with E-state index in [1.807, 2.05) is 6.07 Å². The van der Waals surface area contributed by atoms with Gasteiger partial charge in [0.15, 0.2) is 0 Å². The minimum atomic E-state index is 0.560. The molecule has 0 unspecified atom stereocenters. The van der Waals surface area contributed by atoms with Crippen LogP contribution < -0.4 is 0 Å². The molecule has 1 rings (SSSR count). The van der Waals surface area contributed by atoms with Crippen LogP contribution in [0, 0.1) is 0 Å². The smallest absolute Gasteiger partial charge is 0.0991 e. The van der Waals surface area contributed by atoms with Gasteiger partial charge in [-0.15, -0.1) is 0 Å². The molecule has 1 aromatic rings. The van der Waals surface area contributed by atoms with E-state index in [0.29, 0.717) is 12.8 Å². The van der Waals surface area contributed by atoms with E-state index >= 15 is 0 Å². The standard InChI is InChI=1S/C13H21NO/c1-4-12(2)14(11-15-3)10-13-8-6-5-7-9-13/h5-9,12H,4,10-11H2,1-3H3/t12-/m0/s1. The third kappa shape index (κ3) is 4.02. The number of hydrogen-bond donors (Lipinski definition) is 0. The largest absolute Gasteiger partial charge is 0.369 e. The molecule has 0 aliphatic rings. The Bertz CT molecular complexity index is 260. The van der Waals surface area contributed by atoms with Gasteiger partial charge in [-0.1, -0.05) is 37.3 Å². The Morgan fingerprint density at radius 1 is 1.27 bits per heavy atom. The van der Waals surface area contributed by atoms with Gasteiger partial charge in [0.2, 0.25) is 0 Å². The number of hydrogen-bond acceptors (Lipinski definition) is 2. The molecule has 0 bridgehead atoms. The number of benzene rings is 1. The summed E-state index contributed by atoms with van der Waals surface area (Å²) in [6.07, 6.45) is 1.15. The van der Waals surface area contributed by atoms with Crippen molar-refractivity contribution in [2.75, 3.05) is 13.8 Å². The van der Waals surface area contributed by atoms with E-state index in [-0.39, 0.29) is 0 Å². The number of rotatable bonds is 6. The maximum atomic E-state index is 5.23. The molecule has 2 heteroatoms. The lowest BCUT2D eigenvalue weighted by Gasteiger charge is -2.27. The van der Waals surface area contributed by atoms with Crippen LogP contribution in [0.2, 0.25) is 0 Å². The maximum Gasteiger partial charge on any atom is 0.0991 e. The molecule has 0 spiro atoms. The first-order valence-electron chi connectivity index (χ1n) is 5.54. The van der Waals surface area contributed by atoms with Crippen LogP contribution in [-0.2, 0) is 11.3 Å². The van der Waals surface area contributed by atoms with Crippen molar-refractivity contribution in [3.63, 3.8) is 0 Å². The van der Waals surface area contributed by atoms with Crippen molar-refractivity contribution in [3.8, 4) is 0 Å². The fourth-order valence-corrected chi connectivity index (χ4v) is 1.57. The molecular formula is C13H21NO. The van der Waals surface area contributed by atoms with Gasteiger partial charge in [-0.05, 0) is 18.9 Å². The van der Waals surface area contributed by atoms with Gasteiger partial charge in [-0.3, -0.25) is 4.90 Å². The third-order valence-electron chi connectivity index (χ3n) is 2.74. The molecule has 0 amide bonds. The fourth-order valence-electron chi connectivity index (χ4n) is 1.57. The predicted octanol–water partition coefficient (Wildman–Crippen LogP) is 2.89. The first-order chi connectivity index (χ1) is 7.27. The topological polar surface area (TPSA) is 12.5 Å². The van der Waals surface area contributed by atoms with Crippen LogP contribution in [-0.4, -0.2) is 24.8 Å². The Balaban J connectivity index is 2.58. The molecule has 0 aromatic heterocycles. The Kier molecular flexibility index (Phi) is 5.37. The summed E-state index contributed by atoms with van der Waals surface area (Å²) in [7, 11) is 1.75. The zero-order valence-electron chi connectivity index (χ0n) is 9.94. The molecule has 0 aliphatic carbocycles. The van der Waals surface area contributed by atoms with E-state index in [4.69, 9.17) is 4.74 Å². The monoisotopic (exact) mass is 207 g/mol. The molecule has 0 aliphatic heterocycles. The van der Waals surface area contributed by atoms with Gasteiger partial charge in [-0.2, -0.15) is 0 Å². The molecule has 15 heavy (non-hydrogen) atoms. The lowest BCUT2D eigenvalue weighted by Crippen LogP contribution is -2.33. The molecule has 84 valence electrons. The van der Waals surface area contributed by atoms with E-state index in [9.17, 15) is 0 Å². The van der Waals surface area contributed by atoms with Crippen LogP contribution in [0.25, 0.3) is 0 Å². The molecule has 0 radical (unpaired) electrons. The average molecular weight is 207 g/mol. The minimum absolute atomic E-state index is 0.560. The maximum absolute atomic E-state index is 5.23. The van der Waals surface area contributed by atoms with Crippen molar-refractivity contribution in [1.29, 1.82) is 0 Å². The molecular weight excluding hydrogens is 186 g/mol. The summed E-state index contributed by atoms with van der Waals surface area (Å²) in [5.41, 5.74) is 1.34. The van der Waals surface area contributed by atoms with E-state index < -0.39 is 0 Å². The molecule has 0 fully saturated rings. The van der Waals surface area contributed by atoms with Gasteiger partial charge >= 0.3 is 0 Å². The molecule has 0 saturated heterocycles. The zero-order valence-corrected chi connectivity index (χ0v) is 9.94. The van der Waals surface area contributed by atoms with Crippen molar-refractivity contribution in [1.82, 2.24) is 4.90 Å². The highest BCUT2D eigenvalue weighted by molar-refractivity contribution is 5.14. The van der Waals surface area contributed by atoms with Crippen LogP contribution in [0.1, 0.15) is 25.8 Å². The quantitative estimate of drug-likeness (QED) is 0.665. The third-order valence-corrected chi connectivity index (χ3v) is 2.74. The SMILES string of the molecule is CC[C@H](C)N(COC)Cc1ccccc1. The van der Waals surface area contributed by atoms with Gasteiger partial charge in [0.05, 0.1) is 6.73 Å². The first kappa shape index (κ1) is 12.2. The zero-order chi connectivity index (χ0) is 11.1. The van der Waals surface area contributed by atoms with Crippen LogP contribution in [0.3, 0.4) is 0 Å². The van der Waals surface area contributed by atoms with Gasteiger partial charge < -0.3 is 4.74 Å². The molecule has 0 heterocycles. The van der Waals surface area contributed by atoms with Crippen LogP contribution in [0.5, 0.6) is 0 Å². The summed E-state index contributed by atoms with van der Waals surface area (Å²) in [5, 5.41) is 0. The first-order valence-corrected chi connectivity index (χ1v) is 5.54. The second kappa shape index (κ2) is 6.59. The van der Waals surface area contributed by atoms with E-state index in [1.165, 1.54) is 5.56 Å². The van der Waals surface area contributed by atoms with E-state index in [1.54, 1.807) is 7.11 Å². The molecule has 2 nitrogen and oxygen atoms in total. The molecule has 0 saturated carbocycles. The predicted molar refractivity (Wildman–Crippen MR) is 63.6 cm³/mol. The second-order valence-corrected chi connectivity index (χ2v) is 3.91. The minimum Gasteiger partial charge on any atom is -0.369 e. The Labute approximate surface area is 92.9 Å². The van der Waals surface area contributed by atoms with Gasteiger partial charge in [-0.25, -0.2) is 0 Å². The molecule has 1 atom stereocenters. The number of methoxy groups -OCH3 is 1.